The fourth-order valence-corrected chi connectivity index (χ4v) is 3.53. The summed E-state index contributed by atoms with van der Waals surface area (Å²) in [6.45, 7) is 0.740. The number of allylic oxidation sites excluding steroid dienone is 1. The molecule has 92 valence electrons. The van der Waals surface area contributed by atoms with E-state index in [4.69, 9.17) is 0 Å². The van der Waals surface area contributed by atoms with Crippen LogP contribution in [-0.2, 0) is 4.79 Å². The van der Waals surface area contributed by atoms with Crippen molar-refractivity contribution in [1.82, 2.24) is 4.90 Å². The zero-order chi connectivity index (χ0) is 12.5. The Hall–Kier alpha value is -1.55. The van der Waals surface area contributed by atoms with E-state index in [0.717, 1.165) is 22.9 Å². The molecule has 0 aliphatic carbocycles. The number of carbonyl (C=O) groups is 2. The standard InChI is InChI=1S/C14H13NO2S/c16-12-7-6-11(14-15(12)8-9-18-14)13(17)10-4-2-1-3-5-10/h1-5H,6-9H2. The van der Waals surface area contributed by atoms with Crippen LogP contribution in [0.4, 0.5) is 0 Å². The molecular weight excluding hydrogens is 246 g/mol. The molecule has 0 aromatic heterocycles. The van der Waals surface area contributed by atoms with Crippen molar-refractivity contribution >= 4 is 23.5 Å². The number of ketones is 1. The monoisotopic (exact) mass is 259 g/mol. The van der Waals surface area contributed by atoms with Gasteiger partial charge in [-0.15, -0.1) is 11.8 Å². The molecule has 0 unspecified atom stereocenters. The highest BCUT2D eigenvalue weighted by atomic mass is 32.2. The summed E-state index contributed by atoms with van der Waals surface area (Å²) in [4.78, 5) is 26.0. The topological polar surface area (TPSA) is 37.4 Å². The Kier molecular flexibility index (Phi) is 2.96. The molecule has 2 aliphatic rings. The lowest BCUT2D eigenvalue weighted by Gasteiger charge is -2.24. The van der Waals surface area contributed by atoms with Gasteiger partial charge in [0.25, 0.3) is 0 Å². The second kappa shape index (κ2) is 4.61. The molecule has 0 radical (unpaired) electrons. The molecule has 0 spiro atoms. The van der Waals surface area contributed by atoms with E-state index in [1.807, 2.05) is 30.3 Å². The van der Waals surface area contributed by atoms with Crippen molar-refractivity contribution in [3.8, 4) is 0 Å². The lowest BCUT2D eigenvalue weighted by Crippen LogP contribution is -2.32. The number of nitrogens with zero attached hydrogens (tertiary/aromatic N) is 1. The molecule has 4 heteroatoms. The molecule has 2 aliphatic heterocycles. The van der Waals surface area contributed by atoms with Crippen molar-refractivity contribution in [3.63, 3.8) is 0 Å². The van der Waals surface area contributed by atoms with E-state index >= 15 is 0 Å². The van der Waals surface area contributed by atoms with Crippen LogP contribution in [0.15, 0.2) is 40.9 Å². The first-order valence-corrected chi connectivity index (χ1v) is 7.02. The Morgan fingerprint density at radius 3 is 2.72 bits per heavy atom. The number of fused-ring (bicyclic) bond motifs is 1. The molecule has 1 aromatic carbocycles. The number of rotatable bonds is 2. The second-order valence-electron chi connectivity index (χ2n) is 4.37. The van der Waals surface area contributed by atoms with Gasteiger partial charge in [0.05, 0.1) is 5.03 Å². The van der Waals surface area contributed by atoms with Gasteiger partial charge in [0.2, 0.25) is 5.91 Å². The predicted octanol–water partition coefficient (Wildman–Crippen LogP) is 2.45. The van der Waals surface area contributed by atoms with E-state index in [9.17, 15) is 9.59 Å². The molecule has 1 fully saturated rings. The zero-order valence-corrected chi connectivity index (χ0v) is 10.7. The van der Waals surface area contributed by atoms with Crippen LogP contribution in [0.25, 0.3) is 0 Å². The maximum Gasteiger partial charge on any atom is 0.227 e. The summed E-state index contributed by atoms with van der Waals surface area (Å²) in [7, 11) is 0. The van der Waals surface area contributed by atoms with Crippen molar-refractivity contribution in [1.29, 1.82) is 0 Å². The molecular formula is C14H13NO2S. The van der Waals surface area contributed by atoms with E-state index in [1.54, 1.807) is 16.7 Å². The number of hydrogen-bond donors (Lipinski definition) is 0. The number of benzene rings is 1. The first-order chi connectivity index (χ1) is 8.77. The van der Waals surface area contributed by atoms with Crippen LogP contribution in [0.5, 0.6) is 0 Å². The van der Waals surface area contributed by atoms with Gasteiger partial charge < -0.3 is 4.90 Å². The molecule has 0 atom stereocenters. The average Bonchev–Trinajstić information content (AvgIpc) is 2.90. The lowest BCUT2D eigenvalue weighted by molar-refractivity contribution is -0.128. The van der Waals surface area contributed by atoms with Gasteiger partial charge in [-0.3, -0.25) is 9.59 Å². The predicted molar refractivity (Wildman–Crippen MR) is 71.2 cm³/mol. The Morgan fingerprint density at radius 1 is 1.17 bits per heavy atom. The number of carbonyl (C=O) groups excluding carboxylic acids is 2. The minimum atomic E-state index is 0.0671. The highest BCUT2D eigenvalue weighted by Gasteiger charge is 2.33. The van der Waals surface area contributed by atoms with Gasteiger partial charge in [-0.2, -0.15) is 0 Å². The van der Waals surface area contributed by atoms with Gasteiger partial charge in [0, 0.05) is 29.9 Å². The minimum Gasteiger partial charge on any atom is -0.306 e. The Morgan fingerprint density at radius 2 is 1.94 bits per heavy atom. The summed E-state index contributed by atoms with van der Waals surface area (Å²) in [5.41, 5.74) is 1.52. The second-order valence-corrected chi connectivity index (χ2v) is 5.46. The zero-order valence-electron chi connectivity index (χ0n) is 9.89. The molecule has 1 amide bonds. The quantitative estimate of drug-likeness (QED) is 0.766. The smallest absolute Gasteiger partial charge is 0.227 e. The van der Waals surface area contributed by atoms with Crippen LogP contribution in [0.3, 0.4) is 0 Å². The summed E-state index contributed by atoms with van der Waals surface area (Å²) in [6.07, 6.45) is 1.03. The number of hydrogen-bond acceptors (Lipinski definition) is 3. The summed E-state index contributed by atoms with van der Waals surface area (Å²) in [5, 5.41) is 0.889. The van der Waals surface area contributed by atoms with Gasteiger partial charge in [-0.25, -0.2) is 0 Å². The van der Waals surface area contributed by atoms with Gasteiger partial charge in [-0.1, -0.05) is 30.3 Å². The van der Waals surface area contributed by atoms with Crippen molar-refractivity contribution in [2.45, 2.75) is 12.8 Å². The molecule has 1 saturated heterocycles. The van der Waals surface area contributed by atoms with Gasteiger partial charge in [-0.05, 0) is 6.42 Å². The molecule has 3 rings (SSSR count). The van der Waals surface area contributed by atoms with Crippen molar-refractivity contribution in [2.75, 3.05) is 12.3 Å². The summed E-state index contributed by atoms with van der Waals surface area (Å²) >= 11 is 1.63. The third-order valence-electron chi connectivity index (χ3n) is 3.26. The fourth-order valence-electron chi connectivity index (χ4n) is 2.35. The minimum absolute atomic E-state index is 0.0671. The normalized spacial score (nSPS) is 19.1. The third kappa shape index (κ3) is 1.86. The first kappa shape index (κ1) is 11.5. The molecule has 3 nitrogen and oxygen atoms in total. The highest BCUT2D eigenvalue weighted by molar-refractivity contribution is 8.03. The van der Waals surface area contributed by atoms with Gasteiger partial charge >= 0.3 is 0 Å². The van der Waals surface area contributed by atoms with E-state index in [1.165, 1.54) is 0 Å². The maximum atomic E-state index is 12.4. The van der Waals surface area contributed by atoms with Crippen LogP contribution < -0.4 is 0 Å². The average molecular weight is 259 g/mol. The Bertz CT molecular complexity index is 536. The van der Waals surface area contributed by atoms with Crippen LogP contribution >= 0.6 is 11.8 Å². The van der Waals surface area contributed by atoms with Crippen LogP contribution in [0, 0.1) is 0 Å². The molecule has 2 heterocycles. The van der Waals surface area contributed by atoms with E-state index in [0.29, 0.717) is 18.4 Å². The van der Waals surface area contributed by atoms with E-state index in [2.05, 4.69) is 0 Å². The first-order valence-electron chi connectivity index (χ1n) is 6.03. The molecule has 0 N–H and O–H groups in total. The molecule has 0 bridgehead atoms. The van der Waals surface area contributed by atoms with Crippen LogP contribution in [-0.4, -0.2) is 28.9 Å². The van der Waals surface area contributed by atoms with Gasteiger partial charge in [0.1, 0.15) is 0 Å². The maximum absolute atomic E-state index is 12.4. The SMILES string of the molecule is O=C(C1=C2SCCN2C(=O)CC1)c1ccccc1. The Labute approximate surface area is 110 Å². The summed E-state index contributed by atoms with van der Waals surface area (Å²) in [6, 6.07) is 9.29. The lowest BCUT2D eigenvalue weighted by atomic mass is 9.97. The summed E-state index contributed by atoms with van der Waals surface area (Å²) < 4.78 is 0. The van der Waals surface area contributed by atoms with Crippen LogP contribution in [0.1, 0.15) is 23.2 Å². The van der Waals surface area contributed by atoms with Crippen LogP contribution in [0.2, 0.25) is 0 Å². The van der Waals surface area contributed by atoms with E-state index in [-0.39, 0.29) is 11.7 Å². The van der Waals surface area contributed by atoms with Gasteiger partial charge in [0.15, 0.2) is 5.78 Å². The summed E-state index contributed by atoms with van der Waals surface area (Å²) in [5.74, 6) is 1.12. The Balaban J connectivity index is 1.99. The number of Topliss-reactive ketones (excluding diaryl/α,β-unsaturated/α-hetero) is 1. The van der Waals surface area contributed by atoms with Crippen molar-refractivity contribution < 1.29 is 9.59 Å². The number of amides is 1. The molecule has 1 aromatic rings. The third-order valence-corrected chi connectivity index (χ3v) is 4.38. The van der Waals surface area contributed by atoms with Crippen molar-refractivity contribution in [3.05, 3.63) is 46.5 Å². The highest BCUT2D eigenvalue weighted by Crippen LogP contribution is 2.37. The molecule has 0 saturated carbocycles. The number of thioether (sulfide) groups is 1. The molecule has 18 heavy (non-hydrogen) atoms. The van der Waals surface area contributed by atoms with Crippen molar-refractivity contribution in [2.24, 2.45) is 0 Å². The van der Waals surface area contributed by atoms with E-state index < -0.39 is 0 Å². The fraction of sp³-hybridized carbons (Fsp3) is 0.286. The largest absolute Gasteiger partial charge is 0.306 e.